The predicted molar refractivity (Wildman–Crippen MR) is 72.9 cm³/mol. The summed E-state index contributed by atoms with van der Waals surface area (Å²) < 4.78 is 37.2. The molecule has 0 N–H and O–H groups in total. The summed E-state index contributed by atoms with van der Waals surface area (Å²) in [6.07, 6.45) is -1.26. The van der Waals surface area contributed by atoms with Crippen LogP contribution in [0.5, 0.6) is 0 Å². The van der Waals surface area contributed by atoms with Crippen LogP contribution in [0.4, 0.5) is 18.9 Å². The van der Waals surface area contributed by atoms with E-state index in [1.54, 1.807) is 13.1 Å². The molecule has 1 aliphatic rings. The van der Waals surface area contributed by atoms with Gasteiger partial charge in [0.15, 0.2) is 0 Å². The third kappa shape index (κ3) is 3.85. The summed E-state index contributed by atoms with van der Waals surface area (Å²) in [4.78, 5) is 8.19. The molecular weight excluding hydrogens is 267 g/mol. The van der Waals surface area contributed by atoms with Crippen LogP contribution in [-0.4, -0.2) is 48.3 Å². The molecule has 1 unspecified atom stereocenters. The van der Waals surface area contributed by atoms with Crippen LogP contribution in [0.1, 0.15) is 18.9 Å². The Morgan fingerprint density at radius 3 is 2.45 bits per heavy atom. The Labute approximate surface area is 117 Å². The number of hydrogen-bond donors (Lipinski definition) is 0. The van der Waals surface area contributed by atoms with Gasteiger partial charge in [-0.3, -0.25) is 9.88 Å². The minimum Gasteiger partial charge on any atom is -0.369 e. The van der Waals surface area contributed by atoms with E-state index in [1.807, 2.05) is 24.1 Å². The van der Waals surface area contributed by atoms with Gasteiger partial charge >= 0.3 is 6.18 Å². The van der Waals surface area contributed by atoms with Crippen molar-refractivity contribution in [1.82, 2.24) is 9.88 Å². The lowest BCUT2D eigenvalue weighted by atomic mass is 10.1. The largest absolute Gasteiger partial charge is 0.390 e. The molecule has 1 fully saturated rings. The number of halogens is 3. The molecule has 20 heavy (non-hydrogen) atoms. The summed E-state index contributed by atoms with van der Waals surface area (Å²) in [5.74, 6) is 0. The van der Waals surface area contributed by atoms with Gasteiger partial charge in [-0.1, -0.05) is 0 Å². The number of piperazine rings is 1. The lowest BCUT2D eigenvalue weighted by molar-refractivity contribution is -0.146. The molecule has 3 nitrogen and oxygen atoms in total. The highest BCUT2D eigenvalue weighted by Gasteiger charge is 2.33. The Bertz CT molecular complexity index is 440. The van der Waals surface area contributed by atoms with E-state index in [4.69, 9.17) is 0 Å². The van der Waals surface area contributed by atoms with Gasteiger partial charge in [0.05, 0.1) is 6.42 Å². The topological polar surface area (TPSA) is 19.4 Å². The van der Waals surface area contributed by atoms with Crippen molar-refractivity contribution in [2.75, 3.05) is 31.1 Å². The zero-order chi connectivity index (χ0) is 14.8. The molecule has 112 valence electrons. The van der Waals surface area contributed by atoms with Crippen molar-refractivity contribution in [3.63, 3.8) is 0 Å². The fourth-order valence-corrected chi connectivity index (χ4v) is 2.69. The normalized spacial score (nSPS) is 19.1. The highest BCUT2D eigenvalue weighted by atomic mass is 19.4. The van der Waals surface area contributed by atoms with E-state index in [2.05, 4.69) is 9.88 Å². The Balaban J connectivity index is 1.91. The molecule has 1 saturated heterocycles. The van der Waals surface area contributed by atoms with Gasteiger partial charge < -0.3 is 4.90 Å². The van der Waals surface area contributed by atoms with Crippen LogP contribution < -0.4 is 4.90 Å². The summed E-state index contributed by atoms with van der Waals surface area (Å²) in [6, 6.07) is 1.51. The average Bonchev–Trinajstić information content (AvgIpc) is 2.37. The maximum absolute atomic E-state index is 12.4. The minimum absolute atomic E-state index is 0.448. The van der Waals surface area contributed by atoms with E-state index in [0.29, 0.717) is 13.1 Å². The van der Waals surface area contributed by atoms with E-state index in [-0.39, 0.29) is 0 Å². The number of rotatable bonds is 3. The second-order valence-corrected chi connectivity index (χ2v) is 5.35. The van der Waals surface area contributed by atoms with Crippen molar-refractivity contribution in [2.45, 2.75) is 32.5 Å². The number of nitrogens with zero attached hydrogens (tertiary/aromatic N) is 3. The van der Waals surface area contributed by atoms with Gasteiger partial charge in [-0.15, -0.1) is 0 Å². The fraction of sp³-hybridized carbons (Fsp3) is 0.643. The van der Waals surface area contributed by atoms with Crippen LogP contribution in [0, 0.1) is 6.92 Å². The molecule has 1 atom stereocenters. The molecule has 2 heterocycles. The third-order valence-electron chi connectivity index (χ3n) is 3.80. The molecule has 1 aromatic heterocycles. The van der Waals surface area contributed by atoms with E-state index < -0.39 is 18.6 Å². The highest BCUT2D eigenvalue weighted by molar-refractivity contribution is 5.51. The number of aromatic nitrogens is 1. The number of hydrogen-bond acceptors (Lipinski definition) is 3. The van der Waals surface area contributed by atoms with E-state index in [9.17, 15) is 13.2 Å². The standard InChI is InChI=1S/C14H20F3N3/c1-11-10-18-4-3-13(11)20-7-5-19(6-8-20)12(2)9-14(15,16)17/h3-4,10,12H,5-9H2,1-2H3. The third-order valence-corrected chi connectivity index (χ3v) is 3.80. The van der Waals surface area contributed by atoms with Crippen LogP contribution in [0.15, 0.2) is 18.5 Å². The zero-order valence-corrected chi connectivity index (χ0v) is 11.8. The molecular formula is C14H20F3N3. The minimum atomic E-state index is -4.09. The zero-order valence-electron chi connectivity index (χ0n) is 11.8. The van der Waals surface area contributed by atoms with Gasteiger partial charge in [0.25, 0.3) is 0 Å². The summed E-state index contributed by atoms with van der Waals surface area (Å²) >= 11 is 0. The van der Waals surface area contributed by atoms with Gasteiger partial charge in [-0.2, -0.15) is 13.2 Å². The number of anilines is 1. The van der Waals surface area contributed by atoms with Crippen molar-refractivity contribution < 1.29 is 13.2 Å². The van der Waals surface area contributed by atoms with Gasteiger partial charge in [-0.25, -0.2) is 0 Å². The fourth-order valence-electron chi connectivity index (χ4n) is 2.69. The van der Waals surface area contributed by atoms with Crippen molar-refractivity contribution in [3.8, 4) is 0 Å². The van der Waals surface area contributed by atoms with Crippen LogP contribution in [0.2, 0.25) is 0 Å². The van der Waals surface area contributed by atoms with E-state index in [1.165, 1.54) is 0 Å². The molecule has 2 rings (SSSR count). The Kier molecular flexibility index (Phi) is 4.52. The van der Waals surface area contributed by atoms with Crippen molar-refractivity contribution >= 4 is 5.69 Å². The lowest BCUT2D eigenvalue weighted by Gasteiger charge is -2.39. The van der Waals surface area contributed by atoms with Crippen molar-refractivity contribution in [1.29, 1.82) is 0 Å². The molecule has 0 aromatic carbocycles. The highest BCUT2D eigenvalue weighted by Crippen LogP contribution is 2.25. The molecule has 0 bridgehead atoms. The Morgan fingerprint density at radius 2 is 1.90 bits per heavy atom. The van der Waals surface area contributed by atoms with Gasteiger partial charge in [0.2, 0.25) is 0 Å². The SMILES string of the molecule is Cc1cnccc1N1CCN(C(C)CC(F)(F)F)CC1. The monoisotopic (exact) mass is 287 g/mol. The summed E-state index contributed by atoms with van der Waals surface area (Å²) in [6.45, 7) is 6.50. The van der Waals surface area contributed by atoms with Crippen molar-refractivity contribution in [2.24, 2.45) is 0 Å². The van der Waals surface area contributed by atoms with Crippen LogP contribution in [0.25, 0.3) is 0 Å². The average molecular weight is 287 g/mol. The van der Waals surface area contributed by atoms with Gasteiger partial charge in [0.1, 0.15) is 0 Å². The summed E-state index contributed by atoms with van der Waals surface area (Å²) in [7, 11) is 0. The maximum atomic E-state index is 12.4. The molecule has 1 aliphatic heterocycles. The first kappa shape index (κ1) is 15.1. The molecule has 0 aliphatic carbocycles. The molecule has 0 spiro atoms. The lowest BCUT2D eigenvalue weighted by Crippen LogP contribution is -2.50. The summed E-state index contributed by atoms with van der Waals surface area (Å²) in [5, 5.41) is 0. The molecule has 1 aromatic rings. The molecule has 0 amide bonds. The second-order valence-electron chi connectivity index (χ2n) is 5.35. The first-order valence-corrected chi connectivity index (χ1v) is 6.83. The van der Waals surface area contributed by atoms with E-state index in [0.717, 1.165) is 24.3 Å². The summed E-state index contributed by atoms with van der Waals surface area (Å²) in [5.41, 5.74) is 2.23. The molecule has 0 saturated carbocycles. The van der Waals surface area contributed by atoms with Gasteiger partial charge in [0, 0.05) is 50.3 Å². The quantitative estimate of drug-likeness (QED) is 0.852. The molecule has 0 radical (unpaired) electrons. The number of aryl methyl sites for hydroxylation is 1. The predicted octanol–water partition coefficient (Wildman–Crippen LogP) is 2.85. The van der Waals surface area contributed by atoms with Crippen molar-refractivity contribution in [3.05, 3.63) is 24.0 Å². The first-order chi connectivity index (χ1) is 9.37. The number of alkyl halides is 3. The van der Waals surface area contributed by atoms with Gasteiger partial charge in [-0.05, 0) is 25.5 Å². The smallest absolute Gasteiger partial charge is 0.369 e. The van der Waals surface area contributed by atoms with Crippen LogP contribution >= 0.6 is 0 Å². The van der Waals surface area contributed by atoms with Crippen LogP contribution in [0.3, 0.4) is 0 Å². The molecule has 6 heteroatoms. The Morgan fingerprint density at radius 1 is 1.25 bits per heavy atom. The second kappa shape index (κ2) is 5.99. The maximum Gasteiger partial charge on any atom is 0.390 e. The van der Waals surface area contributed by atoms with Crippen LogP contribution in [-0.2, 0) is 0 Å². The number of pyridine rings is 1. The van der Waals surface area contributed by atoms with E-state index >= 15 is 0 Å². The first-order valence-electron chi connectivity index (χ1n) is 6.83. The Hall–Kier alpha value is -1.30.